The van der Waals surface area contributed by atoms with E-state index in [4.69, 9.17) is 15.2 Å². The molecule has 1 aliphatic carbocycles. The second-order valence-corrected chi connectivity index (χ2v) is 10.2. The molecule has 1 aliphatic rings. The van der Waals surface area contributed by atoms with E-state index in [0.29, 0.717) is 29.6 Å². The van der Waals surface area contributed by atoms with Gasteiger partial charge in [-0.25, -0.2) is 0 Å². The van der Waals surface area contributed by atoms with Gasteiger partial charge in [0.1, 0.15) is 5.75 Å². The van der Waals surface area contributed by atoms with Crippen molar-refractivity contribution in [3.63, 3.8) is 0 Å². The lowest BCUT2D eigenvalue weighted by Crippen LogP contribution is -2.28. The van der Waals surface area contributed by atoms with Crippen LogP contribution in [0.2, 0.25) is 0 Å². The highest BCUT2D eigenvalue weighted by atomic mass is 16.5. The van der Waals surface area contributed by atoms with Gasteiger partial charge in [0.25, 0.3) is 0 Å². The molecule has 0 unspecified atom stereocenters. The number of phenols is 1. The largest absolute Gasteiger partial charge is 0.507 e. The number of hydrogen-bond donors (Lipinski definition) is 2. The number of aryl methyl sites for hydroxylation is 1. The second kappa shape index (κ2) is 11.3. The highest BCUT2D eigenvalue weighted by Gasteiger charge is 2.24. The molecule has 3 N–H and O–H groups in total. The molecule has 0 fully saturated rings. The fourth-order valence-electron chi connectivity index (χ4n) is 5.17. The number of phenolic OH excluding ortho intramolecular Hbond substituents is 1. The zero-order chi connectivity index (χ0) is 25.8. The topological polar surface area (TPSA) is 68.0 Å². The van der Waals surface area contributed by atoms with Gasteiger partial charge in [0, 0.05) is 41.4 Å². The summed E-state index contributed by atoms with van der Waals surface area (Å²) in [4.78, 5) is 2.36. The quantitative estimate of drug-likeness (QED) is 0.361. The van der Waals surface area contributed by atoms with Crippen LogP contribution in [0.5, 0.6) is 17.2 Å². The summed E-state index contributed by atoms with van der Waals surface area (Å²) in [6.07, 6.45) is 5.89. The van der Waals surface area contributed by atoms with Crippen molar-refractivity contribution >= 4 is 5.69 Å². The van der Waals surface area contributed by atoms with Gasteiger partial charge in [-0.3, -0.25) is 0 Å². The van der Waals surface area contributed by atoms with Crippen molar-refractivity contribution in [1.29, 1.82) is 0 Å². The van der Waals surface area contributed by atoms with Crippen LogP contribution < -0.4 is 15.2 Å². The number of rotatable bonds is 9. The Bertz CT molecular complexity index is 1200. The number of benzene rings is 3. The number of likely N-dealkylation sites (N-methyl/N-ethyl adjacent to an activating group) is 1. The summed E-state index contributed by atoms with van der Waals surface area (Å²) in [5.74, 6) is 1.53. The molecule has 4 rings (SSSR count). The van der Waals surface area contributed by atoms with Crippen LogP contribution in [0.1, 0.15) is 54.5 Å². The van der Waals surface area contributed by atoms with E-state index in [1.165, 1.54) is 23.1 Å². The van der Waals surface area contributed by atoms with E-state index in [0.717, 1.165) is 54.5 Å². The molecule has 0 saturated carbocycles. The van der Waals surface area contributed by atoms with E-state index in [2.05, 4.69) is 50.1 Å². The molecule has 0 radical (unpaired) electrons. The van der Waals surface area contributed by atoms with Gasteiger partial charge < -0.3 is 25.2 Å². The van der Waals surface area contributed by atoms with Gasteiger partial charge in [0.2, 0.25) is 0 Å². The van der Waals surface area contributed by atoms with Crippen LogP contribution in [0.25, 0.3) is 11.1 Å². The molecule has 5 nitrogen and oxygen atoms in total. The summed E-state index contributed by atoms with van der Waals surface area (Å²) in [6, 6.07) is 15.0. The minimum absolute atomic E-state index is 0.260. The number of fused-ring (bicyclic) bond motifs is 1. The first-order valence-corrected chi connectivity index (χ1v) is 13.0. The first-order chi connectivity index (χ1) is 17.3. The minimum Gasteiger partial charge on any atom is -0.507 e. The lowest BCUT2D eigenvalue weighted by molar-refractivity contribution is 0.277. The molecule has 3 aromatic carbocycles. The lowest BCUT2D eigenvalue weighted by Gasteiger charge is -2.24. The number of nitrogens with two attached hydrogens (primary N) is 1. The molecule has 3 aromatic rings. The van der Waals surface area contributed by atoms with Crippen LogP contribution in [0.4, 0.5) is 5.69 Å². The monoisotopic (exact) mass is 488 g/mol. The standard InChI is InChI=1S/C31H40N2O3/c1-20(2)33(3)17-16-21-10-12-22(13-11-21)18-26-30(32)25(19-28(35-4)31(26)36-5)29-24-9-7-6-8-23(24)14-15-27(29)34/h10-15,19-20,34H,6-9,16-18,32H2,1-5H3. The molecule has 36 heavy (non-hydrogen) atoms. The molecular weight excluding hydrogens is 448 g/mol. The first kappa shape index (κ1) is 25.9. The average molecular weight is 489 g/mol. The molecule has 192 valence electrons. The Kier molecular flexibility index (Phi) is 8.10. The van der Waals surface area contributed by atoms with Gasteiger partial charge in [-0.2, -0.15) is 0 Å². The Hall–Kier alpha value is -3.18. The Morgan fingerprint density at radius 3 is 2.33 bits per heavy atom. The Balaban J connectivity index is 1.71. The van der Waals surface area contributed by atoms with Crippen molar-refractivity contribution in [2.45, 2.75) is 58.4 Å². The van der Waals surface area contributed by atoms with Crippen LogP contribution in [0.3, 0.4) is 0 Å². The molecular formula is C31H40N2O3. The lowest BCUT2D eigenvalue weighted by atomic mass is 9.84. The predicted octanol–water partition coefficient (Wildman–Crippen LogP) is 6.01. The maximum absolute atomic E-state index is 10.9. The highest BCUT2D eigenvalue weighted by Crippen LogP contribution is 2.47. The van der Waals surface area contributed by atoms with Crippen LogP contribution >= 0.6 is 0 Å². The van der Waals surface area contributed by atoms with Gasteiger partial charge in [0.05, 0.1) is 14.2 Å². The van der Waals surface area contributed by atoms with E-state index in [1.54, 1.807) is 20.3 Å². The fraction of sp³-hybridized carbons (Fsp3) is 0.419. The van der Waals surface area contributed by atoms with Crippen LogP contribution in [0.15, 0.2) is 42.5 Å². The normalized spacial score (nSPS) is 13.2. The average Bonchev–Trinajstić information content (AvgIpc) is 2.89. The van der Waals surface area contributed by atoms with Gasteiger partial charge in [-0.15, -0.1) is 0 Å². The number of nitrogens with zero attached hydrogens (tertiary/aromatic N) is 1. The van der Waals surface area contributed by atoms with E-state index in [9.17, 15) is 5.11 Å². The van der Waals surface area contributed by atoms with Crippen LogP contribution in [0, 0.1) is 0 Å². The van der Waals surface area contributed by atoms with Gasteiger partial charge >= 0.3 is 0 Å². The number of nitrogen functional groups attached to an aromatic ring is 1. The Morgan fingerprint density at radius 2 is 1.67 bits per heavy atom. The van der Waals surface area contributed by atoms with Crippen molar-refractivity contribution in [3.05, 3.63) is 70.3 Å². The van der Waals surface area contributed by atoms with Gasteiger partial charge in [-0.1, -0.05) is 30.3 Å². The number of anilines is 1. The van der Waals surface area contributed by atoms with E-state index in [-0.39, 0.29) is 5.75 Å². The molecule has 0 saturated heterocycles. The van der Waals surface area contributed by atoms with Crippen molar-refractivity contribution in [2.24, 2.45) is 0 Å². The third-order valence-electron chi connectivity index (χ3n) is 7.63. The predicted molar refractivity (Wildman–Crippen MR) is 148 cm³/mol. The summed E-state index contributed by atoms with van der Waals surface area (Å²) < 4.78 is 11.5. The zero-order valence-corrected chi connectivity index (χ0v) is 22.4. The first-order valence-electron chi connectivity index (χ1n) is 13.0. The fourth-order valence-corrected chi connectivity index (χ4v) is 5.17. The highest BCUT2D eigenvalue weighted by molar-refractivity contribution is 5.88. The van der Waals surface area contributed by atoms with Crippen molar-refractivity contribution in [1.82, 2.24) is 4.90 Å². The molecule has 0 amide bonds. The molecule has 0 heterocycles. The van der Waals surface area contributed by atoms with Gasteiger partial charge in [-0.05, 0) is 87.4 Å². The van der Waals surface area contributed by atoms with Gasteiger partial charge in [0.15, 0.2) is 11.5 Å². The van der Waals surface area contributed by atoms with Crippen LogP contribution in [-0.4, -0.2) is 43.9 Å². The van der Waals surface area contributed by atoms with E-state index in [1.807, 2.05) is 12.1 Å². The molecule has 0 bridgehead atoms. The summed E-state index contributed by atoms with van der Waals surface area (Å²) in [5, 5.41) is 10.9. The smallest absolute Gasteiger partial charge is 0.166 e. The molecule has 0 spiro atoms. The molecule has 0 aromatic heterocycles. The van der Waals surface area contributed by atoms with Crippen molar-refractivity contribution in [2.75, 3.05) is 33.5 Å². The SMILES string of the molecule is COc1cc(-c2c(O)ccc3c2CCCC3)c(N)c(Cc2ccc(CCN(C)C(C)C)cc2)c1OC. The van der Waals surface area contributed by atoms with E-state index < -0.39 is 0 Å². The second-order valence-electron chi connectivity index (χ2n) is 10.2. The summed E-state index contributed by atoms with van der Waals surface area (Å²) >= 11 is 0. The Labute approximate surface area is 215 Å². The number of hydrogen-bond acceptors (Lipinski definition) is 5. The molecule has 0 aliphatic heterocycles. The Morgan fingerprint density at radius 1 is 0.972 bits per heavy atom. The van der Waals surface area contributed by atoms with Crippen molar-refractivity contribution < 1.29 is 14.6 Å². The maximum atomic E-state index is 10.9. The minimum atomic E-state index is 0.260. The van der Waals surface area contributed by atoms with Crippen molar-refractivity contribution in [3.8, 4) is 28.4 Å². The zero-order valence-electron chi connectivity index (χ0n) is 22.4. The molecule has 0 atom stereocenters. The van der Waals surface area contributed by atoms with E-state index >= 15 is 0 Å². The number of methoxy groups -OCH3 is 2. The maximum Gasteiger partial charge on any atom is 0.166 e. The summed E-state index contributed by atoms with van der Waals surface area (Å²) in [7, 11) is 5.46. The van der Waals surface area contributed by atoms with Crippen LogP contribution in [-0.2, 0) is 25.7 Å². The number of aromatic hydroxyl groups is 1. The third-order valence-corrected chi connectivity index (χ3v) is 7.63. The summed E-state index contributed by atoms with van der Waals surface area (Å²) in [5.41, 5.74) is 15.0. The summed E-state index contributed by atoms with van der Waals surface area (Å²) in [6.45, 7) is 5.46. The molecule has 5 heteroatoms. The number of ether oxygens (including phenoxy) is 2. The third kappa shape index (κ3) is 5.31.